The zero-order valence-electron chi connectivity index (χ0n) is 7.19. The molecule has 0 aliphatic heterocycles. The zero-order valence-corrected chi connectivity index (χ0v) is 8.76. The van der Waals surface area contributed by atoms with E-state index in [1.165, 1.54) is 6.07 Å². The highest BCUT2D eigenvalue weighted by Crippen LogP contribution is 2.18. The highest BCUT2D eigenvalue weighted by Gasteiger charge is 2.19. The van der Waals surface area contributed by atoms with Gasteiger partial charge in [-0.15, -0.1) is 0 Å². The Kier molecular flexibility index (Phi) is 3.17. The molecule has 14 heavy (non-hydrogen) atoms. The minimum atomic E-state index is -3.93. The molecule has 0 amide bonds. The van der Waals surface area contributed by atoms with Crippen molar-refractivity contribution in [2.75, 3.05) is 6.61 Å². The zero-order chi connectivity index (χ0) is 10.8. The van der Waals surface area contributed by atoms with Crippen molar-refractivity contribution in [2.24, 2.45) is 0 Å². The Morgan fingerprint density at radius 3 is 2.64 bits per heavy atom. The lowest BCUT2D eigenvalue weighted by molar-refractivity contribution is 0.0484. The minimum absolute atomic E-state index is 0.183. The first-order valence-electron chi connectivity index (χ1n) is 3.66. The molecule has 7 heteroatoms. The lowest BCUT2D eigenvalue weighted by Crippen LogP contribution is -2.02. The van der Waals surface area contributed by atoms with Crippen LogP contribution in [0.25, 0.3) is 0 Å². The van der Waals surface area contributed by atoms with Gasteiger partial charge in [-0.25, -0.2) is 13.2 Å². The maximum Gasteiger partial charge on any atom is 0.374 e. The van der Waals surface area contributed by atoms with Crippen molar-refractivity contribution >= 4 is 25.7 Å². The van der Waals surface area contributed by atoms with Gasteiger partial charge < -0.3 is 9.15 Å². The lowest BCUT2D eigenvalue weighted by atomic mass is 10.5. The van der Waals surface area contributed by atoms with Gasteiger partial charge in [0.2, 0.25) is 10.9 Å². The Labute approximate surface area is 85.0 Å². The molecule has 1 heterocycles. The van der Waals surface area contributed by atoms with E-state index >= 15 is 0 Å². The van der Waals surface area contributed by atoms with Gasteiger partial charge in [0.25, 0.3) is 9.05 Å². The summed E-state index contributed by atoms with van der Waals surface area (Å²) in [5.41, 5.74) is 0. The van der Waals surface area contributed by atoms with Gasteiger partial charge >= 0.3 is 5.97 Å². The molecule has 0 aromatic carbocycles. The normalized spacial score (nSPS) is 11.3. The molecular formula is C7H7ClO5S. The molecule has 1 aromatic heterocycles. The van der Waals surface area contributed by atoms with E-state index < -0.39 is 20.1 Å². The van der Waals surface area contributed by atoms with E-state index in [-0.39, 0.29) is 12.4 Å². The fraction of sp³-hybridized carbons (Fsp3) is 0.286. The first-order valence-corrected chi connectivity index (χ1v) is 5.97. The summed E-state index contributed by atoms with van der Waals surface area (Å²) < 4.78 is 30.7. The van der Waals surface area contributed by atoms with Crippen LogP contribution in [0.4, 0.5) is 0 Å². The van der Waals surface area contributed by atoms with Crippen LogP contribution in [-0.2, 0) is 13.8 Å². The van der Waals surface area contributed by atoms with E-state index in [1.54, 1.807) is 6.92 Å². The molecule has 0 unspecified atom stereocenters. The minimum Gasteiger partial charge on any atom is -0.460 e. The number of hydrogen-bond acceptors (Lipinski definition) is 5. The van der Waals surface area contributed by atoms with Crippen molar-refractivity contribution in [1.82, 2.24) is 0 Å². The second-order valence-electron chi connectivity index (χ2n) is 2.28. The van der Waals surface area contributed by atoms with Gasteiger partial charge in [0.15, 0.2) is 0 Å². The summed E-state index contributed by atoms with van der Waals surface area (Å²) in [4.78, 5) is 11.0. The second kappa shape index (κ2) is 4.02. The third kappa shape index (κ3) is 2.49. The lowest BCUT2D eigenvalue weighted by Gasteiger charge is -1.96. The van der Waals surface area contributed by atoms with Crippen LogP contribution >= 0.6 is 10.7 Å². The summed E-state index contributed by atoms with van der Waals surface area (Å²) in [5, 5.41) is -0.470. The van der Waals surface area contributed by atoms with Crippen LogP contribution in [0.2, 0.25) is 0 Å². The van der Waals surface area contributed by atoms with Crippen molar-refractivity contribution in [3.05, 3.63) is 17.9 Å². The smallest absolute Gasteiger partial charge is 0.374 e. The van der Waals surface area contributed by atoms with Gasteiger partial charge in [-0.1, -0.05) is 0 Å². The predicted molar refractivity (Wildman–Crippen MR) is 47.7 cm³/mol. The molecule has 0 atom stereocenters. The maximum absolute atomic E-state index is 11.0. The van der Waals surface area contributed by atoms with E-state index in [9.17, 15) is 13.2 Å². The highest BCUT2D eigenvalue weighted by atomic mass is 35.7. The molecule has 1 aromatic rings. The van der Waals surface area contributed by atoms with Crippen molar-refractivity contribution in [1.29, 1.82) is 0 Å². The molecule has 0 spiro atoms. The third-order valence-corrected chi connectivity index (χ3v) is 2.45. The summed E-state index contributed by atoms with van der Waals surface area (Å²) in [6, 6.07) is 2.28. The SMILES string of the molecule is CCOC(=O)c1ccc(S(=O)(=O)Cl)o1. The topological polar surface area (TPSA) is 73.6 Å². The van der Waals surface area contributed by atoms with Crippen LogP contribution in [0.3, 0.4) is 0 Å². The largest absolute Gasteiger partial charge is 0.460 e. The van der Waals surface area contributed by atoms with Gasteiger partial charge in [-0.2, -0.15) is 0 Å². The Hall–Kier alpha value is -1.01. The number of hydrogen-bond donors (Lipinski definition) is 0. The Balaban J connectivity index is 2.94. The fourth-order valence-electron chi connectivity index (χ4n) is 0.763. The van der Waals surface area contributed by atoms with Gasteiger partial charge in [-0.3, -0.25) is 0 Å². The van der Waals surface area contributed by atoms with Crippen molar-refractivity contribution in [3.63, 3.8) is 0 Å². The van der Waals surface area contributed by atoms with Crippen LogP contribution < -0.4 is 0 Å². The van der Waals surface area contributed by atoms with E-state index in [0.29, 0.717) is 0 Å². The molecular weight excluding hydrogens is 232 g/mol. The average molecular weight is 239 g/mol. The monoisotopic (exact) mass is 238 g/mol. The van der Waals surface area contributed by atoms with E-state index in [4.69, 9.17) is 10.7 Å². The molecule has 0 saturated heterocycles. The number of ether oxygens (including phenoxy) is 1. The number of halogens is 1. The summed E-state index contributed by atoms with van der Waals surface area (Å²) in [7, 11) is 1.05. The maximum atomic E-state index is 11.0. The van der Waals surface area contributed by atoms with Gasteiger partial charge in [-0.05, 0) is 19.1 Å². The van der Waals surface area contributed by atoms with Gasteiger partial charge in [0.05, 0.1) is 6.61 Å². The van der Waals surface area contributed by atoms with Crippen LogP contribution in [0.5, 0.6) is 0 Å². The molecule has 0 N–H and O–H groups in total. The van der Waals surface area contributed by atoms with Crippen molar-refractivity contribution in [2.45, 2.75) is 12.0 Å². The first-order chi connectivity index (χ1) is 6.45. The second-order valence-corrected chi connectivity index (χ2v) is 4.77. The standard InChI is InChI=1S/C7H7ClO5S/c1-2-12-7(9)5-3-4-6(13-5)14(8,10)11/h3-4H,2H2,1H3. The van der Waals surface area contributed by atoms with Crippen LogP contribution in [0, 0.1) is 0 Å². The number of esters is 1. The summed E-state index contributed by atoms with van der Waals surface area (Å²) >= 11 is 0. The summed E-state index contributed by atoms with van der Waals surface area (Å²) in [6.45, 7) is 1.81. The summed E-state index contributed by atoms with van der Waals surface area (Å²) in [5.74, 6) is -0.912. The van der Waals surface area contributed by atoms with Crippen LogP contribution in [0.1, 0.15) is 17.5 Å². The van der Waals surface area contributed by atoms with Gasteiger partial charge in [0, 0.05) is 10.7 Å². The molecule has 0 bridgehead atoms. The van der Waals surface area contributed by atoms with Crippen molar-refractivity contribution < 1.29 is 22.4 Å². The molecule has 1 rings (SSSR count). The number of carbonyl (C=O) groups excluding carboxylic acids is 1. The Morgan fingerprint density at radius 2 is 2.21 bits per heavy atom. The first kappa shape index (κ1) is 11.1. The predicted octanol–water partition coefficient (Wildman–Crippen LogP) is 1.38. The molecule has 0 saturated carbocycles. The van der Waals surface area contributed by atoms with Gasteiger partial charge in [0.1, 0.15) is 0 Å². The van der Waals surface area contributed by atoms with E-state index in [2.05, 4.69) is 9.15 Å². The molecule has 0 aliphatic rings. The number of furan rings is 1. The number of rotatable bonds is 3. The Bertz CT molecular complexity index is 433. The molecule has 5 nitrogen and oxygen atoms in total. The highest BCUT2D eigenvalue weighted by molar-refractivity contribution is 8.13. The van der Waals surface area contributed by atoms with E-state index in [0.717, 1.165) is 6.07 Å². The summed E-state index contributed by atoms with van der Waals surface area (Å²) in [6.07, 6.45) is 0. The molecule has 0 fully saturated rings. The number of carbonyl (C=O) groups is 1. The van der Waals surface area contributed by atoms with Crippen LogP contribution in [0.15, 0.2) is 21.6 Å². The van der Waals surface area contributed by atoms with Crippen LogP contribution in [-0.4, -0.2) is 21.0 Å². The van der Waals surface area contributed by atoms with Crippen molar-refractivity contribution in [3.8, 4) is 0 Å². The average Bonchev–Trinajstić information content (AvgIpc) is 2.51. The third-order valence-electron chi connectivity index (χ3n) is 1.30. The molecule has 0 aliphatic carbocycles. The quantitative estimate of drug-likeness (QED) is 0.588. The molecule has 0 radical (unpaired) electrons. The van der Waals surface area contributed by atoms with E-state index in [1.807, 2.05) is 0 Å². The fourth-order valence-corrected chi connectivity index (χ4v) is 1.43. The Morgan fingerprint density at radius 1 is 1.57 bits per heavy atom. The molecule has 78 valence electrons.